The average Bonchev–Trinajstić information content (AvgIpc) is 2.26. The number of nitro benzene ring substituents is 1. The number of ketones is 1. The van der Waals surface area contributed by atoms with Crippen molar-refractivity contribution in [1.29, 1.82) is 0 Å². The number of hydrogen-bond acceptors (Lipinski definition) is 4. The summed E-state index contributed by atoms with van der Waals surface area (Å²) in [4.78, 5) is 21.5. The van der Waals surface area contributed by atoms with Crippen molar-refractivity contribution in [2.24, 2.45) is 0 Å². The minimum Gasteiger partial charge on any atom is -0.490 e. The van der Waals surface area contributed by atoms with Crippen LogP contribution in [-0.2, 0) is 0 Å². The summed E-state index contributed by atoms with van der Waals surface area (Å²) in [7, 11) is 1.26. The number of alkyl halides is 1. The fourth-order valence-electron chi connectivity index (χ4n) is 1.20. The Morgan fingerprint density at radius 2 is 2.19 bits per heavy atom. The standard InChI is InChI=1S/C9H7Cl2NO4/c1-16-8-3-5(11)2-6(7(13)4-10)9(8)12(14)15/h2-3H,4H2,1H3. The fraction of sp³-hybridized carbons (Fsp3) is 0.222. The topological polar surface area (TPSA) is 69.4 Å². The first-order valence-corrected chi connectivity index (χ1v) is 5.03. The van der Waals surface area contributed by atoms with Crippen molar-refractivity contribution in [3.05, 3.63) is 32.8 Å². The SMILES string of the molecule is COc1cc(Cl)cc(C(=O)CCl)c1[N+](=O)[O-]. The Balaban J connectivity index is 3.50. The fourth-order valence-corrected chi connectivity index (χ4v) is 1.55. The molecule has 0 saturated heterocycles. The molecule has 1 aromatic carbocycles. The molecule has 0 bridgehead atoms. The third kappa shape index (κ3) is 2.43. The summed E-state index contributed by atoms with van der Waals surface area (Å²) in [5.41, 5.74) is -0.568. The van der Waals surface area contributed by atoms with E-state index < -0.39 is 16.4 Å². The van der Waals surface area contributed by atoms with Gasteiger partial charge in [0.25, 0.3) is 0 Å². The number of nitro groups is 1. The number of carbonyl (C=O) groups excluding carboxylic acids is 1. The largest absolute Gasteiger partial charge is 0.490 e. The van der Waals surface area contributed by atoms with Crippen LogP contribution in [-0.4, -0.2) is 23.7 Å². The highest BCUT2D eigenvalue weighted by molar-refractivity contribution is 6.33. The highest BCUT2D eigenvalue weighted by atomic mass is 35.5. The number of methoxy groups -OCH3 is 1. The van der Waals surface area contributed by atoms with Gasteiger partial charge in [0.05, 0.1) is 17.9 Å². The average molecular weight is 264 g/mol. The van der Waals surface area contributed by atoms with E-state index in [9.17, 15) is 14.9 Å². The molecule has 0 N–H and O–H groups in total. The summed E-state index contributed by atoms with van der Waals surface area (Å²) in [5, 5.41) is 11.0. The molecule has 0 aliphatic carbocycles. The summed E-state index contributed by atoms with van der Waals surface area (Å²) < 4.78 is 4.80. The van der Waals surface area contributed by atoms with E-state index in [-0.39, 0.29) is 22.2 Å². The van der Waals surface area contributed by atoms with E-state index in [1.165, 1.54) is 19.2 Å². The minimum absolute atomic E-state index is 0.0639. The number of carbonyl (C=O) groups is 1. The predicted molar refractivity (Wildman–Crippen MR) is 59.7 cm³/mol. The van der Waals surface area contributed by atoms with Crippen LogP contribution in [0.25, 0.3) is 0 Å². The first-order chi connectivity index (χ1) is 7.51. The highest BCUT2D eigenvalue weighted by Crippen LogP contribution is 2.34. The van der Waals surface area contributed by atoms with Gasteiger partial charge in [-0.15, -0.1) is 11.6 Å². The number of rotatable bonds is 4. The van der Waals surface area contributed by atoms with Gasteiger partial charge in [-0.3, -0.25) is 14.9 Å². The van der Waals surface area contributed by atoms with E-state index in [1.54, 1.807) is 0 Å². The molecule has 0 aliphatic heterocycles. The second-order valence-corrected chi connectivity index (χ2v) is 3.52. The molecule has 0 radical (unpaired) electrons. The second kappa shape index (κ2) is 5.14. The zero-order valence-electron chi connectivity index (χ0n) is 8.20. The lowest BCUT2D eigenvalue weighted by Crippen LogP contribution is -2.06. The number of nitrogens with zero attached hydrogens (tertiary/aromatic N) is 1. The normalized spacial score (nSPS) is 9.94. The lowest BCUT2D eigenvalue weighted by molar-refractivity contribution is -0.386. The Labute approximate surface area is 101 Å². The van der Waals surface area contributed by atoms with Crippen molar-refractivity contribution in [3.63, 3.8) is 0 Å². The summed E-state index contributed by atoms with van der Waals surface area (Å²) in [6.07, 6.45) is 0. The summed E-state index contributed by atoms with van der Waals surface area (Å²) in [6.45, 7) is 0. The van der Waals surface area contributed by atoms with Crippen molar-refractivity contribution >= 4 is 34.7 Å². The molecule has 86 valence electrons. The van der Waals surface area contributed by atoms with Crippen LogP contribution in [0.4, 0.5) is 5.69 Å². The van der Waals surface area contributed by atoms with E-state index in [0.717, 1.165) is 0 Å². The van der Waals surface area contributed by atoms with Crippen molar-refractivity contribution in [3.8, 4) is 5.75 Å². The minimum atomic E-state index is -0.699. The van der Waals surface area contributed by atoms with Gasteiger partial charge in [-0.1, -0.05) is 11.6 Å². The molecule has 1 aromatic rings. The van der Waals surface area contributed by atoms with Crippen LogP contribution in [0.5, 0.6) is 5.75 Å². The van der Waals surface area contributed by atoms with Crippen LogP contribution in [0.15, 0.2) is 12.1 Å². The molecule has 0 unspecified atom stereocenters. The first-order valence-electron chi connectivity index (χ1n) is 4.12. The van der Waals surface area contributed by atoms with Gasteiger partial charge in [0.15, 0.2) is 11.5 Å². The quantitative estimate of drug-likeness (QED) is 0.363. The van der Waals surface area contributed by atoms with E-state index in [0.29, 0.717) is 0 Å². The second-order valence-electron chi connectivity index (χ2n) is 2.82. The molecular weight excluding hydrogens is 257 g/mol. The molecule has 0 saturated carbocycles. The highest BCUT2D eigenvalue weighted by Gasteiger charge is 2.25. The van der Waals surface area contributed by atoms with Crippen molar-refractivity contribution < 1.29 is 14.5 Å². The smallest absolute Gasteiger partial charge is 0.321 e. The van der Waals surface area contributed by atoms with Crippen molar-refractivity contribution in [2.75, 3.05) is 13.0 Å². The van der Waals surface area contributed by atoms with Gasteiger partial charge in [0, 0.05) is 11.1 Å². The van der Waals surface area contributed by atoms with Crippen LogP contribution >= 0.6 is 23.2 Å². The number of halogens is 2. The number of benzene rings is 1. The maximum Gasteiger partial charge on any atom is 0.321 e. The van der Waals surface area contributed by atoms with E-state index >= 15 is 0 Å². The monoisotopic (exact) mass is 263 g/mol. The predicted octanol–water partition coefficient (Wildman–Crippen LogP) is 2.68. The lowest BCUT2D eigenvalue weighted by Gasteiger charge is -2.06. The third-order valence-electron chi connectivity index (χ3n) is 1.86. The van der Waals surface area contributed by atoms with E-state index in [1.807, 2.05) is 0 Å². The maximum atomic E-state index is 11.4. The lowest BCUT2D eigenvalue weighted by atomic mass is 10.1. The molecule has 1 rings (SSSR count). The first kappa shape index (κ1) is 12.7. The maximum absolute atomic E-state index is 11.4. The molecule has 0 aliphatic rings. The molecule has 5 nitrogen and oxygen atoms in total. The Hall–Kier alpha value is -1.33. The molecule has 0 amide bonds. The van der Waals surface area contributed by atoms with Crippen LogP contribution in [0, 0.1) is 10.1 Å². The van der Waals surface area contributed by atoms with Crippen molar-refractivity contribution in [1.82, 2.24) is 0 Å². The van der Waals surface area contributed by atoms with Crippen molar-refractivity contribution in [2.45, 2.75) is 0 Å². The summed E-state index contributed by atoms with van der Waals surface area (Å²) >= 11 is 11.1. The number of Topliss-reactive ketones (excluding diaryl/α,β-unsaturated/α-hetero) is 1. The molecule has 16 heavy (non-hydrogen) atoms. The molecule has 7 heteroatoms. The van der Waals surface area contributed by atoms with Crippen LogP contribution in [0.1, 0.15) is 10.4 Å². The van der Waals surface area contributed by atoms with Gasteiger partial charge in [0.1, 0.15) is 5.56 Å². The van der Waals surface area contributed by atoms with Crippen LogP contribution < -0.4 is 4.74 Å². The molecular formula is C9H7Cl2NO4. The van der Waals surface area contributed by atoms with Gasteiger partial charge in [-0.2, -0.15) is 0 Å². The third-order valence-corrected chi connectivity index (χ3v) is 2.32. The van der Waals surface area contributed by atoms with E-state index in [4.69, 9.17) is 27.9 Å². The number of hydrogen-bond donors (Lipinski definition) is 0. The van der Waals surface area contributed by atoms with Crippen LogP contribution in [0.3, 0.4) is 0 Å². The molecule has 0 spiro atoms. The Morgan fingerprint density at radius 3 is 2.62 bits per heavy atom. The van der Waals surface area contributed by atoms with Gasteiger partial charge in [-0.25, -0.2) is 0 Å². The van der Waals surface area contributed by atoms with E-state index in [2.05, 4.69) is 0 Å². The molecule has 0 heterocycles. The van der Waals surface area contributed by atoms with Gasteiger partial charge in [0.2, 0.25) is 0 Å². The summed E-state index contributed by atoms with van der Waals surface area (Å²) in [5.74, 6) is -0.996. The molecule has 0 atom stereocenters. The van der Waals surface area contributed by atoms with Gasteiger partial charge >= 0.3 is 5.69 Å². The van der Waals surface area contributed by atoms with Gasteiger partial charge < -0.3 is 4.74 Å². The summed E-state index contributed by atoms with van der Waals surface area (Å²) in [6, 6.07) is 2.47. The zero-order chi connectivity index (χ0) is 12.3. The van der Waals surface area contributed by atoms with Gasteiger partial charge in [-0.05, 0) is 6.07 Å². The number of ether oxygens (including phenoxy) is 1. The van der Waals surface area contributed by atoms with Crippen LogP contribution in [0.2, 0.25) is 5.02 Å². The zero-order valence-corrected chi connectivity index (χ0v) is 9.71. The molecule has 0 fully saturated rings. The molecule has 0 aromatic heterocycles. The Kier molecular flexibility index (Phi) is 4.09. The Morgan fingerprint density at radius 1 is 1.56 bits per heavy atom. The Bertz CT molecular complexity index is 447.